The van der Waals surface area contributed by atoms with Crippen molar-refractivity contribution >= 4 is 5.97 Å². The summed E-state index contributed by atoms with van der Waals surface area (Å²) in [5.41, 5.74) is 6.99. The molecule has 4 heteroatoms. The van der Waals surface area contributed by atoms with E-state index >= 15 is 0 Å². The van der Waals surface area contributed by atoms with Crippen LogP contribution in [0.3, 0.4) is 0 Å². The third-order valence-electron chi connectivity index (χ3n) is 7.33. The second kappa shape index (κ2) is 15.1. The molecule has 0 spiro atoms. The first kappa shape index (κ1) is 29.2. The lowest BCUT2D eigenvalue weighted by molar-refractivity contribution is -0.151. The zero-order valence-corrected chi connectivity index (χ0v) is 24.3. The van der Waals surface area contributed by atoms with Gasteiger partial charge in [-0.3, -0.25) is 0 Å². The molecule has 4 aromatic rings. The molecule has 0 aliphatic heterocycles. The first-order chi connectivity index (χ1) is 19.6. The number of aromatic nitrogens is 1. The Labute approximate surface area is 240 Å². The van der Waals surface area contributed by atoms with Crippen LogP contribution in [-0.2, 0) is 22.4 Å². The molecule has 0 N–H and O–H groups in total. The summed E-state index contributed by atoms with van der Waals surface area (Å²) in [4.78, 5) is 12.6. The number of hydrogen-bond acceptors (Lipinski definition) is 3. The van der Waals surface area contributed by atoms with Crippen LogP contribution in [-0.4, -0.2) is 23.2 Å². The van der Waals surface area contributed by atoms with Gasteiger partial charge in [0.25, 0.3) is 0 Å². The maximum atomic E-state index is 12.6. The van der Waals surface area contributed by atoms with Crippen molar-refractivity contribution in [3.05, 3.63) is 108 Å². The van der Waals surface area contributed by atoms with E-state index in [0.717, 1.165) is 28.9 Å². The van der Waals surface area contributed by atoms with E-state index in [9.17, 15) is 4.79 Å². The van der Waals surface area contributed by atoms with Gasteiger partial charge >= 0.3 is 5.97 Å². The molecule has 0 fully saturated rings. The van der Waals surface area contributed by atoms with E-state index in [1.807, 2.05) is 49.4 Å². The van der Waals surface area contributed by atoms with Gasteiger partial charge in [0.2, 0.25) is 0 Å². The maximum absolute atomic E-state index is 12.6. The van der Waals surface area contributed by atoms with Crippen LogP contribution in [0.4, 0.5) is 0 Å². The minimum absolute atomic E-state index is 0.322. The van der Waals surface area contributed by atoms with Gasteiger partial charge in [-0.25, -0.2) is 4.79 Å². The van der Waals surface area contributed by atoms with E-state index in [1.54, 1.807) is 0 Å². The van der Waals surface area contributed by atoms with Gasteiger partial charge in [-0.2, -0.15) is 0 Å². The van der Waals surface area contributed by atoms with Crippen molar-refractivity contribution in [2.45, 2.75) is 78.2 Å². The van der Waals surface area contributed by atoms with Crippen LogP contribution in [0.25, 0.3) is 16.9 Å². The van der Waals surface area contributed by atoms with Crippen LogP contribution in [0.2, 0.25) is 0 Å². The minimum Gasteiger partial charge on any atom is -0.478 e. The van der Waals surface area contributed by atoms with E-state index in [1.165, 1.54) is 49.8 Å². The van der Waals surface area contributed by atoms with E-state index in [0.29, 0.717) is 18.8 Å². The Balaban J connectivity index is 1.44. The summed E-state index contributed by atoms with van der Waals surface area (Å²) in [6.45, 7) is 6.54. The smallest absolute Gasteiger partial charge is 0.347 e. The fourth-order valence-corrected chi connectivity index (χ4v) is 5.13. The largest absolute Gasteiger partial charge is 0.478 e. The third-order valence-corrected chi connectivity index (χ3v) is 7.33. The molecule has 1 atom stereocenters. The van der Waals surface area contributed by atoms with Crippen molar-refractivity contribution in [2.24, 2.45) is 0 Å². The Bertz CT molecular complexity index is 1310. The molecule has 0 amide bonds. The van der Waals surface area contributed by atoms with E-state index in [-0.39, 0.29) is 5.97 Å². The van der Waals surface area contributed by atoms with Crippen LogP contribution in [0, 0.1) is 6.92 Å². The second-order valence-corrected chi connectivity index (χ2v) is 10.5. The van der Waals surface area contributed by atoms with Crippen LogP contribution in [0.1, 0.15) is 69.2 Å². The number of unbranched alkanes of at least 4 members (excludes halogenated alkanes) is 5. The standard InChI is InChI=1S/C36H43NO3/c1-4-6-7-8-9-11-14-29-18-22-32(23-19-29)37-28(3)17-26-34(37)31-20-24-33(25-21-31)40-35(36(38)39-5-2)27-30-15-12-10-13-16-30/h10,12-13,15-26,35H,4-9,11,14,27H2,1-3H3/t35-/m1/s1. The first-order valence-corrected chi connectivity index (χ1v) is 14.8. The number of benzene rings is 3. The second-order valence-electron chi connectivity index (χ2n) is 10.5. The Morgan fingerprint density at radius 2 is 1.45 bits per heavy atom. The summed E-state index contributed by atoms with van der Waals surface area (Å²) in [6, 6.07) is 31.2. The number of nitrogens with zero attached hydrogens (tertiary/aromatic N) is 1. The van der Waals surface area contributed by atoms with Crippen molar-refractivity contribution in [2.75, 3.05) is 6.61 Å². The minimum atomic E-state index is -0.700. The normalized spacial score (nSPS) is 11.8. The molecule has 0 saturated carbocycles. The molecule has 3 aromatic carbocycles. The molecule has 4 nitrogen and oxygen atoms in total. The van der Waals surface area contributed by atoms with Gasteiger partial charge in [-0.1, -0.05) is 81.5 Å². The summed E-state index contributed by atoms with van der Waals surface area (Å²) < 4.78 is 13.7. The Hall–Kier alpha value is -3.79. The van der Waals surface area contributed by atoms with Crippen molar-refractivity contribution < 1.29 is 14.3 Å². The summed E-state index contributed by atoms with van der Waals surface area (Å²) in [5, 5.41) is 0. The van der Waals surface area contributed by atoms with Crippen LogP contribution in [0.5, 0.6) is 5.75 Å². The molecule has 0 radical (unpaired) electrons. The number of carbonyl (C=O) groups is 1. The Kier molecular flexibility index (Phi) is 11.0. The molecule has 1 aromatic heterocycles. The zero-order chi connectivity index (χ0) is 28.2. The van der Waals surface area contributed by atoms with Gasteiger partial charge in [0.15, 0.2) is 6.10 Å². The highest BCUT2D eigenvalue weighted by atomic mass is 16.6. The molecule has 0 saturated heterocycles. The predicted molar refractivity (Wildman–Crippen MR) is 164 cm³/mol. The summed E-state index contributed by atoms with van der Waals surface area (Å²) >= 11 is 0. The Morgan fingerprint density at radius 3 is 2.15 bits per heavy atom. The van der Waals surface area contributed by atoms with Gasteiger partial charge in [-0.05, 0) is 91.9 Å². The van der Waals surface area contributed by atoms with Crippen LogP contribution in [0.15, 0.2) is 91.0 Å². The van der Waals surface area contributed by atoms with Gasteiger partial charge in [0, 0.05) is 17.8 Å². The lowest BCUT2D eigenvalue weighted by Crippen LogP contribution is -2.31. The molecule has 0 unspecified atom stereocenters. The highest BCUT2D eigenvalue weighted by molar-refractivity contribution is 5.75. The molecule has 4 rings (SSSR count). The molecule has 1 heterocycles. The molecule has 210 valence electrons. The molecule has 0 aliphatic rings. The average Bonchev–Trinajstić information content (AvgIpc) is 3.37. The molecular weight excluding hydrogens is 494 g/mol. The fraction of sp³-hybridized carbons (Fsp3) is 0.361. The zero-order valence-electron chi connectivity index (χ0n) is 24.3. The SMILES string of the molecule is CCCCCCCCc1ccc(-n2c(C)ccc2-c2ccc(O[C@H](Cc3ccccc3)C(=O)OCC)cc2)cc1. The number of ether oxygens (including phenoxy) is 2. The van der Waals surface area contributed by atoms with Gasteiger partial charge in [0.05, 0.1) is 12.3 Å². The number of hydrogen-bond donors (Lipinski definition) is 0. The third kappa shape index (κ3) is 8.11. The van der Waals surface area contributed by atoms with Crippen molar-refractivity contribution in [1.29, 1.82) is 0 Å². The molecule has 0 aliphatic carbocycles. The highest BCUT2D eigenvalue weighted by Gasteiger charge is 2.22. The molecular formula is C36H43NO3. The monoisotopic (exact) mass is 537 g/mol. The van der Waals surface area contributed by atoms with Crippen LogP contribution >= 0.6 is 0 Å². The van der Waals surface area contributed by atoms with E-state index in [2.05, 4.69) is 66.9 Å². The van der Waals surface area contributed by atoms with Gasteiger partial charge in [0.1, 0.15) is 5.75 Å². The summed E-state index contributed by atoms with van der Waals surface area (Å²) in [6.07, 6.45) is 8.82. The van der Waals surface area contributed by atoms with E-state index < -0.39 is 6.10 Å². The average molecular weight is 538 g/mol. The van der Waals surface area contributed by atoms with E-state index in [4.69, 9.17) is 9.47 Å². The van der Waals surface area contributed by atoms with Crippen molar-refractivity contribution in [1.82, 2.24) is 4.57 Å². The lowest BCUT2D eigenvalue weighted by atomic mass is 10.0. The maximum Gasteiger partial charge on any atom is 0.347 e. The lowest BCUT2D eigenvalue weighted by Gasteiger charge is -2.18. The number of carbonyl (C=O) groups excluding carboxylic acids is 1. The number of rotatable bonds is 15. The first-order valence-electron chi connectivity index (χ1n) is 14.8. The summed E-state index contributed by atoms with van der Waals surface area (Å²) in [7, 11) is 0. The predicted octanol–water partition coefficient (Wildman–Crippen LogP) is 8.91. The summed E-state index contributed by atoms with van der Waals surface area (Å²) in [5.74, 6) is 0.298. The fourth-order valence-electron chi connectivity index (χ4n) is 5.13. The molecule has 0 bridgehead atoms. The number of esters is 1. The topological polar surface area (TPSA) is 40.5 Å². The number of aryl methyl sites for hydroxylation is 2. The Morgan fingerprint density at radius 1 is 0.750 bits per heavy atom. The van der Waals surface area contributed by atoms with Crippen molar-refractivity contribution in [3.8, 4) is 22.7 Å². The van der Waals surface area contributed by atoms with Crippen LogP contribution < -0.4 is 4.74 Å². The van der Waals surface area contributed by atoms with Gasteiger partial charge < -0.3 is 14.0 Å². The molecule has 40 heavy (non-hydrogen) atoms. The highest BCUT2D eigenvalue weighted by Crippen LogP contribution is 2.29. The van der Waals surface area contributed by atoms with Gasteiger partial charge in [-0.15, -0.1) is 0 Å². The van der Waals surface area contributed by atoms with Crippen molar-refractivity contribution in [3.63, 3.8) is 0 Å². The quantitative estimate of drug-likeness (QED) is 0.112.